The number of aromatic nitrogens is 1. The zero-order valence-electron chi connectivity index (χ0n) is 10.3. The molecule has 0 spiro atoms. The summed E-state index contributed by atoms with van der Waals surface area (Å²) in [5, 5.41) is 7.35. The molecule has 3 nitrogen and oxygen atoms in total. The Bertz CT molecular complexity index is 511. The minimum atomic E-state index is 0.110. The van der Waals surface area contributed by atoms with Crippen LogP contribution >= 0.6 is 0 Å². The topological polar surface area (TPSA) is 46.0 Å². The molecule has 1 heterocycles. The van der Waals surface area contributed by atoms with Crippen molar-refractivity contribution in [1.82, 2.24) is 4.98 Å². The highest BCUT2D eigenvalue weighted by Gasteiger charge is 2.14. The van der Waals surface area contributed by atoms with Gasteiger partial charge in [-0.25, -0.2) is 0 Å². The van der Waals surface area contributed by atoms with E-state index in [1.54, 1.807) is 13.3 Å². The fourth-order valence-electron chi connectivity index (χ4n) is 1.99. The van der Waals surface area contributed by atoms with Gasteiger partial charge in [0.2, 0.25) is 0 Å². The van der Waals surface area contributed by atoms with Crippen molar-refractivity contribution in [2.75, 3.05) is 7.11 Å². The summed E-state index contributed by atoms with van der Waals surface area (Å²) in [5.74, 6) is 0.942. The van der Waals surface area contributed by atoms with Crippen LogP contribution in [-0.2, 0) is 0 Å². The van der Waals surface area contributed by atoms with Gasteiger partial charge in [-0.1, -0.05) is 18.2 Å². The first-order chi connectivity index (χ1) is 8.85. The Balaban J connectivity index is 2.38. The van der Waals surface area contributed by atoms with Crippen LogP contribution < -0.4 is 4.74 Å². The molecule has 2 aromatic rings. The van der Waals surface area contributed by atoms with Gasteiger partial charge in [0, 0.05) is 17.8 Å². The van der Waals surface area contributed by atoms with Gasteiger partial charge in [-0.2, -0.15) is 0 Å². The quantitative estimate of drug-likeness (QED) is 0.815. The Morgan fingerprint density at radius 2 is 2.17 bits per heavy atom. The molecule has 0 amide bonds. The van der Waals surface area contributed by atoms with Crippen molar-refractivity contribution in [3.05, 3.63) is 59.9 Å². The van der Waals surface area contributed by atoms with Gasteiger partial charge in [-0.15, -0.1) is 0 Å². The van der Waals surface area contributed by atoms with E-state index in [1.165, 1.54) is 6.21 Å². The molecule has 0 aliphatic carbocycles. The second kappa shape index (κ2) is 5.96. The molecule has 0 aliphatic rings. The Morgan fingerprint density at radius 1 is 1.28 bits per heavy atom. The molecule has 0 saturated carbocycles. The van der Waals surface area contributed by atoms with E-state index in [9.17, 15) is 0 Å². The molecule has 2 rings (SSSR count). The van der Waals surface area contributed by atoms with E-state index < -0.39 is 0 Å². The van der Waals surface area contributed by atoms with Gasteiger partial charge >= 0.3 is 0 Å². The first kappa shape index (κ1) is 12.3. The SMILES string of the molecule is COc1cccc(C(CC=N)c2ccccn2)c1. The monoisotopic (exact) mass is 240 g/mol. The standard InChI is InChI=1S/C15H16N2O/c1-18-13-6-4-5-12(11-13)14(8-9-16)15-7-2-3-10-17-15/h2-7,9-11,14,16H,8H2,1H3. The van der Waals surface area contributed by atoms with Crippen LogP contribution in [0.2, 0.25) is 0 Å². The average molecular weight is 240 g/mol. The van der Waals surface area contributed by atoms with E-state index in [-0.39, 0.29) is 5.92 Å². The number of nitrogens with one attached hydrogen (secondary N) is 1. The summed E-state index contributed by atoms with van der Waals surface area (Å²) >= 11 is 0. The van der Waals surface area contributed by atoms with Crippen molar-refractivity contribution in [2.24, 2.45) is 0 Å². The predicted octanol–water partition coefficient (Wildman–Crippen LogP) is 3.26. The highest BCUT2D eigenvalue weighted by molar-refractivity contribution is 5.56. The third-order valence-electron chi connectivity index (χ3n) is 2.89. The van der Waals surface area contributed by atoms with E-state index in [0.29, 0.717) is 6.42 Å². The van der Waals surface area contributed by atoms with Crippen LogP contribution in [0.3, 0.4) is 0 Å². The maximum atomic E-state index is 7.35. The molecule has 1 atom stereocenters. The third kappa shape index (κ3) is 2.74. The fourth-order valence-corrected chi connectivity index (χ4v) is 1.99. The molecule has 18 heavy (non-hydrogen) atoms. The van der Waals surface area contributed by atoms with Gasteiger partial charge in [0.25, 0.3) is 0 Å². The minimum Gasteiger partial charge on any atom is -0.497 e. The molecule has 0 fully saturated rings. The number of methoxy groups -OCH3 is 1. The number of hydrogen-bond donors (Lipinski definition) is 1. The van der Waals surface area contributed by atoms with Gasteiger partial charge in [-0.3, -0.25) is 4.98 Å². The molecule has 92 valence electrons. The van der Waals surface area contributed by atoms with E-state index in [2.05, 4.69) is 4.98 Å². The van der Waals surface area contributed by atoms with Crippen LogP contribution in [0.25, 0.3) is 0 Å². The van der Waals surface area contributed by atoms with Gasteiger partial charge in [-0.05, 0) is 42.5 Å². The van der Waals surface area contributed by atoms with E-state index in [0.717, 1.165) is 17.0 Å². The molecule has 0 aliphatic heterocycles. The van der Waals surface area contributed by atoms with Crippen LogP contribution in [0, 0.1) is 5.41 Å². The first-order valence-electron chi connectivity index (χ1n) is 5.89. The molecule has 0 saturated heterocycles. The molecule has 1 N–H and O–H groups in total. The number of nitrogens with zero attached hydrogens (tertiary/aromatic N) is 1. The van der Waals surface area contributed by atoms with E-state index in [4.69, 9.17) is 10.1 Å². The van der Waals surface area contributed by atoms with Crippen LogP contribution in [0.4, 0.5) is 0 Å². The molecule has 3 heteroatoms. The highest BCUT2D eigenvalue weighted by Crippen LogP contribution is 2.28. The van der Waals surface area contributed by atoms with Crippen molar-refractivity contribution in [2.45, 2.75) is 12.3 Å². The molecule has 1 aromatic carbocycles. The summed E-state index contributed by atoms with van der Waals surface area (Å²) in [7, 11) is 1.66. The van der Waals surface area contributed by atoms with Crippen molar-refractivity contribution in [1.29, 1.82) is 5.41 Å². The lowest BCUT2D eigenvalue weighted by Crippen LogP contribution is -2.04. The Labute approximate surface area is 107 Å². The third-order valence-corrected chi connectivity index (χ3v) is 2.89. The van der Waals surface area contributed by atoms with Crippen LogP contribution in [0.1, 0.15) is 23.6 Å². The van der Waals surface area contributed by atoms with Gasteiger partial charge < -0.3 is 10.1 Å². The van der Waals surface area contributed by atoms with Crippen LogP contribution in [0.5, 0.6) is 5.75 Å². The molecule has 1 aromatic heterocycles. The molecule has 0 bridgehead atoms. The lowest BCUT2D eigenvalue weighted by molar-refractivity contribution is 0.414. The summed E-state index contributed by atoms with van der Waals surface area (Å²) in [6.07, 6.45) is 3.86. The second-order valence-corrected chi connectivity index (χ2v) is 4.02. The molecule has 1 unspecified atom stereocenters. The number of ether oxygens (including phenoxy) is 1. The molecule has 0 radical (unpaired) electrons. The Kier molecular flexibility index (Phi) is 4.07. The largest absolute Gasteiger partial charge is 0.497 e. The summed E-state index contributed by atoms with van der Waals surface area (Å²) in [5.41, 5.74) is 2.10. The second-order valence-electron chi connectivity index (χ2n) is 4.02. The zero-order valence-corrected chi connectivity index (χ0v) is 10.3. The number of pyridine rings is 1. The normalized spacial score (nSPS) is 11.8. The van der Waals surface area contributed by atoms with Crippen molar-refractivity contribution >= 4 is 6.21 Å². The number of rotatable bonds is 5. The van der Waals surface area contributed by atoms with E-state index >= 15 is 0 Å². The molecular weight excluding hydrogens is 224 g/mol. The fraction of sp³-hybridized carbons (Fsp3) is 0.200. The maximum absolute atomic E-state index is 7.35. The van der Waals surface area contributed by atoms with Gasteiger partial charge in [0.15, 0.2) is 0 Å². The van der Waals surface area contributed by atoms with Crippen LogP contribution in [-0.4, -0.2) is 18.3 Å². The summed E-state index contributed by atoms with van der Waals surface area (Å²) in [4.78, 5) is 4.39. The van der Waals surface area contributed by atoms with E-state index in [1.807, 2.05) is 42.5 Å². The maximum Gasteiger partial charge on any atom is 0.119 e. The lowest BCUT2D eigenvalue weighted by Gasteiger charge is -2.15. The smallest absolute Gasteiger partial charge is 0.119 e. The van der Waals surface area contributed by atoms with Gasteiger partial charge in [0.05, 0.1) is 7.11 Å². The van der Waals surface area contributed by atoms with Crippen molar-refractivity contribution in [3.8, 4) is 5.75 Å². The molecular formula is C15H16N2O. The first-order valence-corrected chi connectivity index (χ1v) is 5.89. The van der Waals surface area contributed by atoms with Crippen molar-refractivity contribution in [3.63, 3.8) is 0 Å². The van der Waals surface area contributed by atoms with Crippen molar-refractivity contribution < 1.29 is 4.74 Å². The number of hydrogen-bond acceptors (Lipinski definition) is 3. The van der Waals surface area contributed by atoms with Gasteiger partial charge in [0.1, 0.15) is 5.75 Å². The summed E-state index contributed by atoms with van der Waals surface area (Å²) < 4.78 is 5.24. The average Bonchev–Trinajstić information content (AvgIpc) is 2.46. The number of benzene rings is 1. The predicted molar refractivity (Wildman–Crippen MR) is 72.5 cm³/mol. The summed E-state index contributed by atoms with van der Waals surface area (Å²) in [6.45, 7) is 0. The highest BCUT2D eigenvalue weighted by atomic mass is 16.5. The summed E-state index contributed by atoms with van der Waals surface area (Å²) in [6, 6.07) is 13.8. The Morgan fingerprint density at radius 3 is 2.83 bits per heavy atom. The minimum absolute atomic E-state index is 0.110. The zero-order chi connectivity index (χ0) is 12.8. The Hall–Kier alpha value is -2.16. The van der Waals surface area contributed by atoms with Crippen LogP contribution in [0.15, 0.2) is 48.7 Å². The lowest BCUT2D eigenvalue weighted by atomic mass is 9.92.